The van der Waals surface area contributed by atoms with E-state index in [1.807, 2.05) is 0 Å². The van der Waals surface area contributed by atoms with E-state index < -0.39 is 0 Å². The number of rotatable bonds is 2. The fourth-order valence-corrected chi connectivity index (χ4v) is 6.58. The molecule has 0 aliphatic rings. The minimum atomic E-state index is -0.117. The second kappa shape index (κ2) is 5.62. The van der Waals surface area contributed by atoms with Gasteiger partial charge in [-0.2, -0.15) is 0 Å². The summed E-state index contributed by atoms with van der Waals surface area (Å²) < 4.78 is 0. The van der Waals surface area contributed by atoms with Gasteiger partial charge in [0.1, 0.15) is 0 Å². The van der Waals surface area contributed by atoms with Crippen LogP contribution in [0.2, 0.25) is 0 Å². The normalized spacial score (nSPS) is 8.40. The summed E-state index contributed by atoms with van der Waals surface area (Å²) in [6, 6.07) is 0. The molecule has 0 nitrogen and oxygen atoms in total. The molecule has 0 N–H and O–H groups in total. The molecule has 0 aliphatic heterocycles. The van der Waals surface area contributed by atoms with Gasteiger partial charge < -0.3 is 0 Å². The Bertz CT molecular complexity index is 15.1. The fraction of sp³-hybridized carbons (Fsp3) is 1.00. The Balaban J connectivity index is 2.19. The molecule has 0 rings (SSSR count). The summed E-state index contributed by atoms with van der Waals surface area (Å²) in [5.74, 6) is 0. The van der Waals surface area contributed by atoms with E-state index in [1.165, 1.54) is 0 Å². The van der Waals surface area contributed by atoms with Crippen LogP contribution in [0.4, 0.5) is 0 Å². The molecule has 0 aromatic carbocycles. The molecule has 0 aromatic rings. The quantitative estimate of drug-likeness (QED) is 0.704. The van der Waals surface area contributed by atoms with Crippen molar-refractivity contribution in [2.45, 2.75) is 0 Å². The van der Waals surface area contributed by atoms with Crippen LogP contribution in [-0.2, 0) is 0 Å². The van der Waals surface area contributed by atoms with E-state index in [9.17, 15) is 0 Å². The summed E-state index contributed by atoms with van der Waals surface area (Å²) in [6.07, 6.45) is 4.39. The van der Waals surface area contributed by atoms with Crippen molar-refractivity contribution in [2.75, 3.05) is 12.5 Å². The van der Waals surface area contributed by atoms with Crippen molar-refractivity contribution >= 4 is 37.9 Å². The van der Waals surface area contributed by atoms with Gasteiger partial charge in [0.2, 0.25) is 0 Å². The molecule has 0 amide bonds. The van der Waals surface area contributed by atoms with Crippen LogP contribution in [0.15, 0.2) is 0 Å². The van der Waals surface area contributed by atoms with Gasteiger partial charge in [0.05, 0.1) is 0 Å². The molecule has 5 heavy (non-hydrogen) atoms. The van der Waals surface area contributed by atoms with E-state index in [-0.39, 0.29) is 21.2 Å². The van der Waals surface area contributed by atoms with Gasteiger partial charge in [-0.05, 0) is 0 Å². The van der Waals surface area contributed by atoms with Crippen LogP contribution < -0.4 is 0 Å². The van der Waals surface area contributed by atoms with Gasteiger partial charge in [0.15, 0.2) is 0 Å². The Kier molecular flexibility index (Phi) is 7.45. The summed E-state index contributed by atoms with van der Waals surface area (Å²) in [6.45, 7) is 0. The van der Waals surface area contributed by atoms with Crippen LogP contribution >= 0.6 is 16.6 Å². The Morgan fingerprint density at radius 2 is 1.60 bits per heavy atom. The van der Waals surface area contributed by atoms with Crippen LogP contribution in [-0.4, -0.2) is 33.7 Å². The molecule has 0 heterocycles. The molecule has 0 fully saturated rings. The topological polar surface area (TPSA) is 0 Å². The third-order valence-electron chi connectivity index (χ3n) is 0.167. The number of hydrogen-bond acceptors (Lipinski definition) is 2. The second-order valence-electron chi connectivity index (χ2n) is 0.492. The van der Waals surface area contributed by atoms with E-state index in [1.54, 1.807) is 0 Å². The van der Waals surface area contributed by atoms with Crippen molar-refractivity contribution < 1.29 is 0 Å². The third kappa shape index (κ3) is 5.62. The van der Waals surface area contributed by atoms with Crippen molar-refractivity contribution in [3.8, 4) is 0 Å². The van der Waals surface area contributed by atoms with E-state index in [0.717, 1.165) is 0 Å². The molecule has 0 atom stereocenters. The average Bonchev–Trinajstić information content (AvgIpc) is 1.41. The van der Waals surface area contributed by atoms with E-state index in [4.69, 9.17) is 0 Å². The maximum atomic E-state index is 2.19. The zero-order valence-corrected chi connectivity index (χ0v) is 8.84. The number of hydrogen-bond donors (Lipinski definition) is 0. The molecule has 2 radical (unpaired) electrons. The SMILES string of the molecule is C[S][Pb][S]C. The van der Waals surface area contributed by atoms with Crippen LogP contribution in [0.25, 0.3) is 0 Å². The van der Waals surface area contributed by atoms with Gasteiger partial charge in [-0.1, -0.05) is 0 Å². The van der Waals surface area contributed by atoms with Gasteiger partial charge in [0, 0.05) is 0 Å². The van der Waals surface area contributed by atoms with Crippen molar-refractivity contribution in [3.05, 3.63) is 0 Å². The molecule has 3 heteroatoms. The molecular formula is C2H6PbS2. The van der Waals surface area contributed by atoms with Gasteiger partial charge >= 0.3 is 50.4 Å². The molecule has 0 aliphatic carbocycles. The standard InChI is InChI=1S/2CH4S.Pb/c2*1-2;/h2*2H,1H3;/q;;+2/p-2. The summed E-state index contributed by atoms with van der Waals surface area (Å²) >= 11 is -0.117. The van der Waals surface area contributed by atoms with E-state index in [0.29, 0.717) is 0 Å². The summed E-state index contributed by atoms with van der Waals surface area (Å²) in [5, 5.41) is 0. The molecule has 0 saturated heterocycles. The molecule has 30 valence electrons. The second-order valence-corrected chi connectivity index (χ2v) is 17.3. The molecular weight excluding hydrogens is 295 g/mol. The fourth-order valence-electron chi connectivity index (χ4n) is 0.0833. The summed E-state index contributed by atoms with van der Waals surface area (Å²) in [7, 11) is 4.12. The first-order chi connectivity index (χ1) is 2.41. The van der Waals surface area contributed by atoms with Gasteiger partial charge in [-0.25, -0.2) is 0 Å². The molecule has 0 unspecified atom stereocenters. The van der Waals surface area contributed by atoms with E-state index in [2.05, 4.69) is 29.1 Å². The molecule has 0 aromatic heterocycles. The summed E-state index contributed by atoms with van der Waals surface area (Å²) in [5.41, 5.74) is 0. The molecule has 0 spiro atoms. The molecule has 0 saturated carbocycles. The van der Waals surface area contributed by atoms with E-state index >= 15 is 0 Å². The van der Waals surface area contributed by atoms with Crippen LogP contribution in [0.1, 0.15) is 0 Å². The molecule has 0 bridgehead atoms. The minimum absolute atomic E-state index is 0.117. The first kappa shape index (κ1) is 6.62. The van der Waals surface area contributed by atoms with Crippen molar-refractivity contribution in [3.63, 3.8) is 0 Å². The average molecular weight is 301 g/mol. The third-order valence-corrected chi connectivity index (χ3v) is 13.2. The Labute approximate surface area is 50.0 Å². The first-order valence-electron chi connectivity index (χ1n) is 1.22. The van der Waals surface area contributed by atoms with Crippen LogP contribution in [0, 0.1) is 0 Å². The Morgan fingerprint density at radius 1 is 1.20 bits per heavy atom. The van der Waals surface area contributed by atoms with Crippen molar-refractivity contribution in [1.29, 1.82) is 0 Å². The predicted molar refractivity (Wildman–Crippen MR) is 32.8 cm³/mol. The van der Waals surface area contributed by atoms with Crippen molar-refractivity contribution in [2.24, 2.45) is 0 Å². The zero-order valence-electron chi connectivity index (χ0n) is 3.32. The van der Waals surface area contributed by atoms with Gasteiger partial charge in [0.25, 0.3) is 0 Å². The van der Waals surface area contributed by atoms with Gasteiger partial charge in [-0.3, -0.25) is 0 Å². The van der Waals surface area contributed by atoms with Crippen LogP contribution in [0.5, 0.6) is 0 Å². The first-order valence-corrected chi connectivity index (χ1v) is 13.2. The van der Waals surface area contributed by atoms with Gasteiger partial charge in [-0.15, -0.1) is 0 Å². The Morgan fingerprint density at radius 3 is 1.60 bits per heavy atom. The summed E-state index contributed by atoms with van der Waals surface area (Å²) in [4.78, 5) is 0. The monoisotopic (exact) mass is 302 g/mol. The van der Waals surface area contributed by atoms with Crippen molar-refractivity contribution in [1.82, 2.24) is 0 Å². The maximum absolute atomic E-state index is 2.19. The van der Waals surface area contributed by atoms with Crippen LogP contribution in [0.3, 0.4) is 0 Å². The zero-order chi connectivity index (χ0) is 4.12. The predicted octanol–water partition coefficient (Wildman–Crippen LogP) is 1.25. The Hall–Kier alpha value is 1.62.